The molecule has 0 bridgehead atoms. The fraction of sp³-hybridized carbons (Fsp3) is 0.238. The van der Waals surface area contributed by atoms with Gasteiger partial charge in [-0.2, -0.15) is 5.26 Å². The maximum atomic E-state index is 13.3. The third kappa shape index (κ3) is 4.13. The van der Waals surface area contributed by atoms with Crippen LogP contribution < -0.4 is 5.73 Å². The highest BCUT2D eigenvalue weighted by Crippen LogP contribution is 2.51. The van der Waals surface area contributed by atoms with Crippen LogP contribution in [0.15, 0.2) is 57.8 Å². The fourth-order valence-corrected chi connectivity index (χ4v) is 4.38. The third-order valence-corrected chi connectivity index (χ3v) is 6.49. The minimum atomic E-state index is -0.656. The molecule has 3 aromatic rings. The van der Waals surface area contributed by atoms with Gasteiger partial charge in [0.15, 0.2) is 0 Å². The summed E-state index contributed by atoms with van der Waals surface area (Å²) in [4.78, 5) is 15.9. The van der Waals surface area contributed by atoms with Crippen LogP contribution in [0.5, 0.6) is 0 Å². The van der Waals surface area contributed by atoms with Crippen molar-refractivity contribution in [3.63, 3.8) is 0 Å². The average molecular weight is 440 g/mol. The van der Waals surface area contributed by atoms with Crippen LogP contribution in [0.1, 0.15) is 29.9 Å². The minimum absolute atomic E-state index is 0.0208. The molecule has 1 aliphatic rings. The maximum absolute atomic E-state index is 13.3. The zero-order chi connectivity index (χ0) is 21.1. The number of hydrogen-bond donors (Lipinski definition) is 1. The number of rotatable bonds is 7. The lowest BCUT2D eigenvalue weighted by atomic mass is 10.1. The van der Waals surface area contributed by atoms with Gasteiger partial charge in [0.1, 0.15) is 5.54 Å². The molecule has 7 nitrogen and oxygen atoms in total. The SMILES string of the molecule is N#Cc1ccc(CN(C(=O)CSc2ccccc2Cl)C2(c3nnc(N)o3)CC2)cc1. The van der Waals surface area contributed by atoms with E-state index in [2.05, 4.69) is 16.3 Å². The number of anilines is 1. The van der Waals surface area contributed by atoms with Crippen LogP contribution in [0.3, 0.4) is 0 Å². The van der Waals surface area contributed by atoms with Crippen molar-refractivity contribution in [3.05, 3.63) is 70.6 Å². The minimum Gasteiger partial charge on any atom is -0.406 e. The summed E-state index contributed by atoms with van der Waals surface area (Å²) in [5.41, 5.74) is 6.44. The molecule has 0 aliphatic heterocycles. The standard InChI is InChI=1S/C21H18ClN5O2S/c22-16-3-1-2-4-17(16)30-13-18(28)27(12-15-7-5-14(11-23)6-8-15)21(9-10-21)19-25-26-20(24)29-19/h1-8H,9-10,12-13H2,(H2,24,26). The van der Waals surface area contributed by atoms with Gasteiger partial charge in [-0.25, -0.2) is 0 Å². The second kappa shape index (κ2) is 8.38. The van der Waals surface area contributed by atoms with Gasteiger partial charge < -0.3 is 15.1 Å². The first-order chi connectivity index (χ1) is 14.5. The number of halogens is 1. The van der Waals surface area contributed by atoms with E-state index >= 15 is 0 Å². The lowest BCUT2D eigenvalue weighted by Gasteiger charge is -2.30. The molecule has 1 aliphatic carbocycles. The average Bonchev–Trinajstić information content (AvgIpc) is 3.45. The Balaban J connectivity index is 1.59. The molecule has 1 saturated carbocycles. The van der Waals surface area contributed by atoms with Gasteiger partial charge in [-0.15, -0.1) is 16.9 Å². The second-order valence-corrected chi connectivity index (χ2v) is 8.41. The number of carbonyl (C=O) groups excluding carboxylic acids is 1. The van der Waals surface area contributed by atoms with E-state index in [1.165, 1.54) is 11.8 Å². The van der Waals surface area contributed by atoms with Crippen molar-refractivity contribution in [2.45, 2.75) is 29.8 Å². The molecule has 0 atom stereocenters. The van der Waals surface area contributed by atoms with Crippen LogP contribution in [0.4, 0.5) is 6.01 Å². The van der Waals surface area contributed by atoms with Crippen LogP contribution in [0.2, 0.25) is 5.02 Å². The molecular formula is C21H18ClN5O2S. The summed E-state index contributed by atoms with van der Waals surface area (Å²) < 4.78 is 5.49. The Hall–Kier alpha value is -3.02. The molecule has 2 aromatic carbocycles. The van der Waals surface area contributed by atoms with Crippen molar-refractivity contribution in [2.24, 2.45) is 0 Å². The molecule has 0 radical (unpaired) electrons. The number of amides is 1. The van der Waals surface area contributed by atoms with Gasteiger partial charge in [-0.1, -0.05) is 41.0 Å². The number of nitrogen functional groups attached to an aromatic ring is 1. The Morgan fingerprint density at radius 2 is 1.97 bits per heavy atom. The smallest absolute Gasteiger partial charge is 0.312 e. The van der Waals surface area contributed by atoms with E-state index < -0.39 is 5.54 Å². The topological polar surface area (TPSA) is 109 Å². The van der Waals surface area contributed by atoms with E-state index in [1.54, 1.807) is 23.1 Å². The van der Waals surface area contributed by atoms with Gasteiger partial charge in [0.25, 0.3) is 0 Å². The summed E-state index contributed by atoms with van der Waals surface area (Å²) in [5, 5.41) is 17.4. The molecule has 0 saturated heterocycles. The molecule has 0 unspecified atom stereocenters. The molecule has 1 heterocycles. The Labute approximate surface area is 182 Å². The lowest BCUT2D eigenvalue weighted by molar-refractivity contribution is -0.133. The summed E-state index contributed by atoms with van der Waals surface area (Å²) in [6, 6.07) is 16.7. The quantitative estimate of drug-likeness (QED) is 0.554. The van der Waals surface area contributed by atoms with Gasteiger partial charge in [0, 0.05) is 11.4 Å². The van der Waals surface area contributed by atoms with E-state index in [4.69, 9.17) is 27.0 Å². The van der Waals surface area contributed by atoms with E-state index in [0.717, 1.165) is 10.5 Å². The van der Waals surface area contributed by atoms with Crippen LogP contribution in [-0.2, 0) is 16.9 Å². The summed E-state index contributed by atoms with van der Waals surface area (Å²) >= 11 is 7.61. The zero-order valence-electron chi connectivity index (χ0n) is 15.9. The maximum Gasteiger partial charge on any atom is 0.312 e. The second-order valence-electron chi connectivity index (χ2n) is 6.98. The molecule has 1 aromatic heterocycles. The molecule has 152 valence electrons. The Bertz CT molecular complexity index is 1110. The summed E-state index contributed by atoms with van der Waals surface area (Å²) in [7, 11) is 0. The first kappa shape index (κ1) is 20.3. The number of hydrogen-bond acceptors (Lipinski definition) is 7. The number of nitrogens with two attached hydrogens (primary N) is 1. The Morgan fingerprint density at radius 1 is 1.23 bits per heavy atom. The van der Waals surface area contributed by atoms with Gasteiger partial charge in [0.05, 0.1) is 22.4 Å². The molecule has 30 heavy (non-hydrogen) atoms. The molecule has 1 fully saturated rings. The van der Waals surface area contributed by atoms with Crippen molar-refractivity contribution in [3.8, 4) is 6.07 Å². The van der Waals surface area contributed by atoms with Gasteiger partial charge >= 0.3 is 6.01 Å². The highest BCUT2D eigenvalue weighted by atomic mass is 35.5. The lowest BCUT2D eigenvalue weighted by Crippen LogP contribution is -2.41. The van der Waals surface area contributed by atoms with E-state index in [-0.39, 0.29) is 17.7 Å². The van der Waals surface area contributed by atoms with Crippen molar-refractivity contribution in [2.75, 3.05) is 11.5 Å². The number of aromatic nitrogens is 2. The molecule has 4 rings (SSSR count). The van der Waals surface area contributed by atoms with Crippen LogP contribution >= 0.6 is 23.4 Å². The van der Waals surface area contributed by atoms with Crippen LogP contribution in [0.25, 0.3) is 0 Å². The molecule has 1 amide bonds. The monoisotopic (exact) mass is 439 g/mol. The first-order valence-electron chi connectivity index (χ1n) is 9.28. The van der Waals surface area contributed by atoms with Crippen LogP contribution in [0, 0.1) is 11.3 Å². The summed E-state index contributed by atoms with van der Waals surface area (Å²) in [5.74, 6) is 0.494. The molecular weight excluding hydrogens is 422 g/mol. The van der Waals surface area contributed by atoms with Crippen molar-refractivity contribution in [1.29, 1.82) is 5.26 Å². The number of carbonyl (C=O) groups is 1. The Kier molecular flexibility index (Phi) is 5.66. The van der Waals surface area contributed by atoms with Crippen LogP contribution in [-0.4, -0.2) is 26.8 Å². The van der Waals surface area contributed by atoms with E-state index in [1.807, 2.05) is 30.3 Å². The largest absolute Gasteiger partial charge is 0.406 e. The van der Waals surface area contributed by atoms with E-state index in [0.29, 0.717) is 35.9 Å². The normalized spacial score (nSPS) is 14.1. The molecule has 0 spiro atoms. The van der Waals surface area contributed by atoms with Gasteiger partial charge in [-0.05, 0) is 42.7 Å². The van der Waals surface area contributed by atoms with Crippen molar-refractivity contribution in [1.82, 2.24) is 15.1 Å². The highest BCUT2D eigenvalue weighted by molar-refractivity contribution is 8.00. The van der Waals surface area contributed by atoms with Gasteiger partial charge in [0.2, 0.25) is 11.8 Å². The number of nitriles is 1. The predicted octanol–water partition coefficient (Wildman–Crippen LogP) is 3.99. The molecule has 9 heteroatoms. The fourth-order valence-electron chi connectivity index (χ4n) is 3.26. The van der Waals surface area contributed by atoms with Crippen molar-refractivity contribution < 1.29 is 9.21 Å². The predicted molar refractivity (Wildman–Crippen MR) is 114 cm³/mol. The van der Waals surface area contributed by atoms with Crippen molar-refractivity contribution >= 4 is 35.3 Å². The summed E-state index contributed by atoms with van der Waals surface area (Å²) in [6.45, 7) is 0.357. The molecule has 2 N–H and O–H groups in total. The summed E-state index contributed by atoms with van der Waals surface area (Å²) in [6.07, 6.45) is 1.43. The number of benzene rings is 2. The zero-order valence-corrected chi connectivity index (χ0v) is 17.5. The highest BCUT2D eigenvalue weighted by Gasteiger charge is 2.55. The van der Waals surface area contributed by atoms with E-state index in [9.17, 15) is 4.79 Å². The van der Waals surface area contributed by atoms with Gasteiger partial charge in [-0.3, -0.25) is 4.79 Å². The first-order valence-corrected chi connectivity index (χ1v) is 10.6. The third-order valence-electron chi connectivity index (χ3n) is 4.99. The number of nitrogens with zero attached hydrogens (tertiary/aromatic N) is 4. The Morgan fingerprint density at radius 3 is 2.57 bits per heavy atom. The number of thioether (sulfide) groups is 1.